The van der Waals surface area contributed by atoms with Gasteiger partial charge in [-0.15, -0.1) is 0 Å². The Balaban J connectivity index is 2.17. The topological polar surface area (TPSA) is 12.0 Å². The van der Waals surface area contributed by atoms with E-state index in [1.165, 1.54) is 18.4 Å². The Kier molecular flexibility index (Phi) is 2.56. The second-order valence-electron chi connectivity index (χ2n) is 3.66. The van der Waals surface area contributed by atoms with Crippen LogP contribution in [0, 0.1) is 5.92 Å². The Bertz CT molecular complexity index is 277. The Labute approximate surface area is 84.1 Å². The van der Waals surface area contributed by atoms with Crippen LogP contribution in [0.4, 0.5) is 0 Å². The van der Waals surface area contributed by atoms with Crippen molar-refractivity contribution in [2.45, 2.75) is 18.9 Å². The van der Waals surface area contributed by atoms with E-state index >= 15 is 0 Å². The molecule has 1 aromatic rings. The molecule has 2 rings (SSSR count). The molecule has 13 heavy (non-hydrogen) atoms. The molecule has 1 saturated carbocycles. The van der Waals surface area contributed by atoms with Crippen molar-refractivity contribution in [3.05, 3.63) is 34.9 Å². The molecule has 0 unspecified atom stereocenters. The summed E-state index contributed by atoms with van der Waals surface area (Å²) in [6.45, 7) is 0. The Morgan fingerprint density at radius 3 is 2.38 bits per heavy atom. The standard InChI is InChI=1S/C11H14ClN/c1-13-11(8-2-3-8)9-4-6-10(12)7-5-9/h4-8,11,13H,2-3H2,1H3/t11-/m1/s1. The first-order valence-electron chi connectivity index (χ1n) is 4.74. The van der Waals surface area contributed by atoms with Crippen molar-refractivity contribution in [1.29, 1.82) is 0 Å². The van der Waals surface area contributed by atoms with Gasteiger partial charge in [0.1, 0.15) is 0 Å². The van der Waals surface area contributed by atoms with Crippen LogP contribution in [0.15, 0.2) is 24.3 Å². The van der Waals surface area contributed by atoms with Gasteiger partial charge in [-0.2, -0.15) is 0 Å². The van der Waals surface area contributed by atoms with Crippen LogP contribution in [0.25, 0.3) is 0 Å². The summed E-state index contributed by atoms with van der Waals surface area (Å²) in [6.07, 6.45) is 2.71. The lowest BCUT2D eigenvalue weighted by Crippen LogP contribution is -2.17. The minimum Gasteiger partial charge on any atom is -0.313 e. The summed E-state index contributed by atoms with van der Waals surface area (Å²) >= 11 is 5.83. The minimum absolute atomic E-state index is 0.525. The highest BCUT2D eigenvalue weighted by atomic mass is 35.5. The summed E-state index contributed by atoms with van der Waals surface area (Å²) in [5, 5.41) is 4.17. The van der Waals surface area contributed by atoms with Crippen LogP contribution in [0.5, 0.6) is 0 Å². The molecule has 1 nitrogen and oxygen atoms in total. The fourth-order valence-corrected chi connectivity index (χ4v) is 1.90. The van der Waals surface area contributed by atoms with Gasteiger partial charge in [-0.05, 0) is 43.5 Å². The summed E-state index contributed by atoms with van der Waals surface area (Å²) in [6, 6.07) is 8.67. The average molecular weight is 196 g/mol. The predicted molar refractivity (Wildman–Crippen MR) is 56.0 cm³/mol. The molecule has 0 saturated heterocycles. The van der Waals surface area contributed by atoms with Crippen LogP contribution in [-0.2, 0) is 0 Å². The number of halogens is 1. The first-order valence-corrected chi connectivity index (χ1v) is 5.12. The van der Waals surface area contributed by atoms with Crippen molar-refractivity contribution in [2.24, 2.45) is 5.92 Å². The van der Waals surface area contributed by atoms with Crippen molar-refractivity contribution in [3.8, 4) is 0 Å². The summed E-state index contributed by atoms with van der Waals surface area (Å²) in [5.41, 5.74) is 1.36. The smallest absolute Gasteiger partial charge is 0.0406 e. The van der Waals surface area contributed by atoms with Gasteiger partial charge >= 0.3 is 0 Å². The van der Waals surface area contributed by atoms with Gasteiger partial charge in [0.15, 0.2) is 0 Å². The Morgan fingerprint density at radius 2 is 1.92 bits per heavy atom. The largest absolute Gasteiger partial charge is 0.313 e. The van der Waals surface area contributed by atoms with Crippen molar-refractivity contribution in [1.82, 2.24) is 5.32 Å². The summed E-state index contributed by atoms with van der Waals surface area (Å²) < 4.78 is 0. The molecule has 1 fully saturated rings. The van der Waals surface area contributed by atoms with E-state index in [1.807, 2.05) is 19.2 Å². The van der Waals surface area contributed by atoms with E-state index in [2.05, 4.69) is 17.4 Å². The lowest BCUT2D eigenvalue weighted by atomic mass is 10.0. The molecule has 1 aromatic carbocycles. The molecule has 1 N–H and O–H groups in total. The van der Waals surface area contributed by atoms with Gasteiger partial charge in [0, 0.05) is 11.1 Å². The van der Waals surface area contributed by atoms with Crippen molar-refractivity contribution >= 4 is 11.6 Å². The molecule has 1 aliphatic carbocycles. The molecule has 0 aliphatic heterocycles. The zero-order valence-corrected chi connectivity index (χ0v) is 8.51. The summed E-state index contributed by atoms with van der Waals surface area (Å²) in [5.74, 6) is 0.839. The average Bonchev–Trinajstić information content (AvgIpc) is 2.93. The first kappa shape index (κ1) is 9.04. The molecular weight excluding hydrogens is 182 g/mol. The zero-order chi connectivity index (χ0) is 9.26. The van der Waals surface area contributed by atoms with E-state index in [0.717, 1.165) is 10.9 Å². The highest BCUT2D eigenvalue weighted by Gasteiger charge is 2.30. The molecule has 2 heteroatoms. The normalized spacial score (nSPS) is 18.6. The van der Waals surface area contributed by atoms with Crippen LogP contribution in [0.3, 0.4) is 0 Å². The summed E-state index contributed by atoms with van der Waals surface area (Å²) in [7, 11) is 2.03. The van der Waals surface area contributed by atoms with Gasteiger partial charge in [0.2, 0.25) is 0 Å². The monoisotopic (exact) mass is 195 g/mol. The van der Waals surface area contributed by atoms with Gasteiger partial charge < -0.3 is 5.32 Å². The third-order valence-electron chi connectivity index (χ3n) is 2.63. The van der Waals surface area contributed by atoms with E-state index in [-0.39, 0.29) is 0 Å². The van der Waals surface area contributed by atoms with E-state index < -0.39 is 0 Å². The molecular formula is C11H14ClN. The number of benzene rings is 1. The highest BCUT2D eigenvalue weighted by Crippen LogP contribution is 2.40. The van der Waals surface area contributed by atoms with Crippen molar-refractivity contribution in [3.63, 3.8) is 0 Å². The van der Waals surface area contributed by atoms with Crippen molar-refractivity contribution in [2.75, 3.05) is 7.05 Å². The molecule has 0 spiro atoms. The third kappa shape index (κ3) is 2.04. The van der Waals surface area contributed by atoms with E-state index in [1.54, 1.807) is 0 Å². The SMILES string of the molecule is CN[C@@H](c1ccc(Cl)cc1)C1CC1. The lowest BCUT2D eigenvalue weighted by molar-refractivity contribution is 0.529. The summed E-state index contributed by atoms with van der Waals surface area (Å²) in [4.78, 5) is 0. The molecule has 0 aromatic heterocycles. The van der Waals surface area contributed by atoms with Crippen LogP contribution in [0.2, 0.25) is 5.02 Å². The van der Waals surface area contributed by atoms with Gasteiger partial charge in [0.25, 0.3) is 0 Å². The molecule has 70 valence electrons. The fraction of sp³-hybridized carbons (Fsp3) is 0.455. The number of rotatable bonds is 3. The quantitative estimate of drug-likeness (QED) is 0.782. The second kappa shape index (κ2) is 3.69. The molecule has 1 aliphatic rings. The molecule has 0 heterocycles. The van der Waals surface area contributed by atoms with Gasteiger partial charge in [-0.25, -0.2) is 0 Å². The lowest BCUT2D eigenvalue weighted by Gasteiger charge is -2.15. The maximum Gasteiger partial charge on any atom is 0.0406 e. The van der Waals surface area contributed by atoms with Crippen LogP contribution in [-0.4, -0.2) is 7.05 Å². The number of hydrogen-bond donors (Lipinski definition) is 1. The van der Waals surface area contributed by atoms with Crippen LogP contribution < -0.4 is 5.32 Å². The van der Waals surface area contributed by atoms with Gasteiger partial charge in [0.05, 0.1) is 0 Å². The predicted octanol–water partition coefficient (Wildman–Crippen LogP) is 3.01. The third-order valence-corrected chi connectivity index (χ3v) is 2.89. The maximum absolute atomic E-state index is 5.83. The first-order chi connectivity index (χ1) is 6.31. The van der Waals surface area contributed by atoms with Gasteiger partial charge in [-0.3, -0.25) is 0 Å². The Hall–Kier alpha value is -0.530. The molecule has 1 atom stereocenters. The Morgan fingerprint density at radius 1 is 1.31 bits per heavy atom. The van der Waals surface area contributed by atoms with E-state index in [9.17, 15) is 0 Å². The number of hydrogen-bond acceptors (Lipinski definition) is 1. The molecule has 0 amide bonds. The van der Waals surface area contributed by atoms with E-state index in [4.69, 9.17) is 11.6 Å². The molecule has 0 radical (unpaired) electrons. The van der Waals surface area contributed by atoms with Crippen molar-refractivity contribution < 1.29 is 0 Å². The second-order valence-corrected chi connectivity index (χ2v) is 4.09. The minimum atomic E-state index is 0.525. The fourth-order valence-electron chi connectivity index (χ4n) is 1.77. The van der Waals surface area contributed by atoms with E-state index in [0.29, 0.717) is 6.04 Å². The highest BCUT2D eigenvalue weighted by molar-refractivity contribution is 6.30. The zero-order valence-electron chi connectivity index (χ0n) is 7.76. The number of nitrogens with one attached hydrogen (secondary N) is 1. The van der Waals surface area contributed by atoms with Crippen LogP contribution >= 0.6 is 11.6 Å². The molecule has 0 bridgehead atoms. The van der Waals surface area contributed by atoms with Gasteiger partial charge in [-0.1, -0.05) is 23.7 Å². The maximum atomic E-state index is 5.83. The van der Waals surface area contributed by atoms with Crippen LogP contribution in [0.1, 0.15) is 24.4 Å².